The molecular formula is C50H66F4N2O2Ti. The molecule has 4 aromatic carbocycles. The van der Waals surface area contributed by atoms with Crippen LogP contribution in [0.4, 0.5) is 17.6 Å². The number of carbonyl (C=O) groups is 2. The zero-order valence-corrected chi connectivity index (χ0v) is 37.8. The Morgan fingerprint density at radius 3 is 1.15 bits per heavy atom. The van der Waals surface area contributed by atoms with Crippen molar-refractivity contribution in [3.05, 3.63) is 131 Å². The van der Waals surface area contributed by atoms with E-state index in [-0.39, 0.29) is 33.5 Å². The smallest absolute Gasteiger partial charge is 0.343 e. The predicted molar refractivity (Wildman–Crippen MR) is 227 cm³/mol. The van der Waals surface area contributed by atoms with Gasteiger partial charge in [-0.3, -0.25) is 9.59 Å². The first-order chi connectivity index (χ1) is 27.5. The first-order valence-electron chi connectivity index (χ1n) is 21.2. The van der Waals surface area contributed by atoms with E-state index in [1.165, 1.54) is 62.8 Å². The zero-order chi connectivity index (χ0) is 42.6. The van der Waals surface area contributed by atoms with Crippen LogP contribution in [0.3, 0.4) is 0 Å². The van der Waals surface area contributed by atoms with Crippen LogP contribution < -0.4 is 0 Å². The monoisotopic (exact) mass is 850 g/mol. The van der Waals surface area contributed by atoms with Crippen LogP contribution in [0, 0.1) is 58.1 Å². The van der Waals surface area contributed by atoms with Gasteiger partial charge in [0, 0.05) is 60.3 Å². The van der Waals surface area contributed by atoms with Crippen molar-refractivity contribution in [1.82, 2.24) is 9.80 Å². The van der Waals surface area contributed by atoms with Gasteiger partial charge in [0.25, 0.3) is 0 Å². The minimum atomic E-state index is -0.693. The molecule has 2 saturated carbocycles. The van der Waals surface area contributed by atoms with Crippen molar-refractivity contribution in [2.75, 3.05) is 26.2 Å². The van der Waals surface area contributed by atoms with Crippen LogP contribution in [0.15, 0.2) is 84.9 Å². The molecule has 0 aliphatic heterocycles. The number of amides is 2. The zero-order valence-electron chi connectivity index (χ0n) is 36.3. The first-order valence-corrected chi connectivity index (χ1v) is 21.2. The van der Waals surface area contributed by atoms with Gasteiger partial charge in [0.2, 0.25) is 11.8 Å². The molecular weight excluding hydrogens is 784 g/mol. The number of hydrogen-bond acceptors (Lipinski definition) is 2. The molecule has 4 aromatic rings. The van der Waals surface area contributed by atoms with E-state index in [2.05, 4.69) is 12.1 Å². The topological polar surface area (TPSA) is 40.6 Å². The summed E-state index contributed by atoms with van der Waals surface area (Å²) < 4.78 is 53.6. The van der Waals surface area contributed by atoms with Gasteiger partial charge in [-0.1, -0.05) is 92.9 Å². The SMILES string of the molecule is CC(C)(C)C(=O)N(CCc1ccc(F)[c-]c1F)CC1CCCCC1.CC(C)(C)C(=O)N(CCc1ccc(F)[c-]c1F)CC1CCCCC1.[Ti+4].c1cc[cH-]c1.c1cc[cH-]c1. The van der Waals surface area contributed by atoms with E-state index in [4.69, 9.17) is 0 Å². The average Bonchev–Trinajstić information content (AvgIpc) is 3.97. The van der Waals surface area contributed by atoms with Crippen molar-refractivity contribution in [3.63, 3.8) is 0 Å². The molecule has 0 saturated heterocycles. The van der Waals surface area contributed by atoms with Crippen LogP contribution in [0.25, 0.3) is 0 Å². The van der Waals surface area contributed by atoms with E-state index in [0.29, 0.717) is 48.9 Å². The molecule has 59 heavy (non-hydrogen) atoms. The summed E-state index contributed by atoms with van der Waals surface area (Å²) in [6, 6.07) is 29.5. The molecule has 0 N–H and O–H groups in total. The molecule has 2 amide bonds. The maximum Gasteiger partial charge on any atom is 4.00 e. The molecule has 0 heterocycles. The van der Waals surface area contributed by atoms with Crippen LogP contribution in [0.5, 0.6) is 0 Å². The maximum atomic E-state index is 13.8. The van der Waals surface area contributed by atoms with Gasteiger partial charge in [0.1, 0.15) is 0 Å². The van der Waals surface area contributed by atoms with Crippen LogP contribution in [0.2, 0.25) is 0 Å². The molecule has 4 nitrogen and oxygen atoms in total. The van der Waals surface area contributed by atoms with Crippen molar-refractivity contribution < 1.29 is 48.9 Å². The van der Waals surface area contributed by atoms with Gasteiger partial charge in [0.05, 0.1) is 0 Å². The summed E-state index contributed by atoms with van der Waals surface area (Å²) >= 11 is 0. The van der Waals surface area contributed by atoms with Crippen molar-refractivity contribution in [2.45, 2.75) is 119 Å². The quantitative estimate of drug-likeness (QED) is 0.0906. The summed E-state index contributed by atoms with van der Waals surface area (Å²) in [5.41, 5.74) is -0.0944. The Bertz CT molecular complexity index is 1560. The molecule has 0 aromatic heterocycles. The van der Waals surface area contributed by atoms with Gasteiger partial charge in [-0.05, 0) is 37.5 Å². The van der Waals surface area contributed by atoms with E-state index in [1.807, 2.05) is 112 Å². The Balaban J connectivity index is 0.000000323. The van der Waals surface area contributed by atoms with E-state index in [9.17, 15) is 27.2 Å². The molecule has 6 rings (SSSR count). The number of hydrogen-bond donors (Lipinski definition) is 0. The normalized spacial score (nSPS) is 14.5. The number of nitrogens with zero attached hydrogens (tertiary/aromatic N) is 2. The third-order valence-electron chi connectivity index (χ3n) is 10.6. The molecule has 2 fully saturated rings. The van der Waals surface area contributed by atoms with Gasteiger partial charge < -0.3 is 9.80 Å². The predicted octanol–water partition coefficient (Wildman–Crippen LogP) is 12.3. The number of halogens is 4. The van der Waals surface area contributed by atoms with E-state index >= 15 is 0 Å². The van der Waals surface area contributed by atoms with Crippen molar-refractivity contribution in [1.29, 1.82) is 0 Å². The summed E-state index contributed by atoms with van der Waals surface area (Å²) in [5.74, 6) is -1.43. The Morgan fingerprint density at radius 2 is 0.898 bits per heavy atom. The Kier molecular flexibility index (Phi) is 23.3. The minimum Gasteiger partial charge on any atom is -0.343 e. The molecule has 0 spiro atoms. The number of carbonyl (C=O) groups excluding carboxylic acids is 2. The van der Waals surface area contributed by atoms with Gasteiger partial charge in [0.15, 0.2) is 0 Å². The molecule has 0 unspecified atom stereocenters. The van der Waals surface area contributed by atoms with Gasteiger partial charge in [-0.2, -0.15) is 48.5 Å². The first kappa shape index (κ1) is 51.7. The van der Waals surface area contributed by atoms with E-state index in [1.54, 1.807) is 0 Å². The number of benzene rings is 2. The molecule has 0 atom stereocenters. The Hall–Kier alpha value is -3.49. The molecule has 320 valence electrons. The fourth-order valence-corrected chi connectivity index (χ4v) is 7.35. The molecule has 0 bridgehead atoms. The maximum absolute atomic E-state index is 13.8. The second-order valence-corrected chi connectivity index (χ2v) is 17.7. The fraction of sp³-hybridized carbons (Fsp3) is 0.520. The van der Waals surface area contributed by atoms with Crippen molar-refractivity contribution in [3.8, 4) is 0 Å². The Labute approximate surface area is 367 Å². The van der Waals surface area contributed by atoms with Crippen molar-refractivity contribution in [2.24, 2.45) is 22.7 Å². The van der Waals surface area contributed by atoms with E-state index < -0.39 is 34.1 Å². The Morgan fingerprint density at radius 1 is 0.576 bits per heavy atom. The second kappa shape index (κ2) is 26.7. The van der Waals surface area contributed by atoms with Gasteiger partial charge in [-0.25, -0.2) is 41.8 Å². The standard InChI is InChI=1S/2C20H28F2NO.2C5H5.Ti/c2*1-20(2,3)19(24)23(14-15-7-5-4-6-8-15)12-11-16-9-10-17(21)13-18(16)22;2*1-2-4-5-3-1;/h2*9-10,15H,4-8,11-12,14H2,1-3H3;2*1-5H;/q4*-1;+4. The van der Waals surface area contributed by atoms with Crippen LogP contribution in [-0.4, -0.2) is 47.8 Å². The fourth-order valence-electron chi connectivity index (χ4n) is 7.35. The largest absolute Gasteiger partial charge is 4.00 e. The number of rotatable bonds is 10. The average molecular weight is 851 g/mol. The van der Waals surface area contributed by atoms with Crippen LogP contribution in [-0.2, 0) is 44.1 Å². The summed E-state index contributed by atoms with van der Waals surface area (Å²) in [4.78, 5) is 29.3. The third kappa shape index (κ3) is 20.1. The van der Waals surface area contributed by atoms with Crippen LogP contribution >= 0.6 is 0 Å². The van der Waals surface area contributed by atoms with Crippen molar-refractivity contribution >= 4 is 11.8 Å². The molecule has 9 heteroatoms. The summed E-state index contributed by atoms with van der Waals surface area (Å²) in [5, 5.41) is 0. The molecule has 2 aliphatic carbocycles. The second-order valence-electron chi connectivity index (χ2n) is 17.7. The van der Waals surface area contributed by atoms with Crippen LogP contribution in [0.1, 0.15) is 117 Å². The summed E-state index contributed by atoms with van der Waals surface area (Å²) in [7, 11) is 0. The molecule has 2 aliphatic rings. The van der Waals surface area contributed by atoms with Gasteiger partial charge in [-0.15, -0.1) is 35.4 Å². The van der Waals surface area contributed by atoms with Gasteiger partial charge >= 0.3 is 21.7 Å². The van der Waals surface area contributed by atoms with E-state index in [0.717, 1.165) is 38.8 Å². The summed E-state index contributed by atoms with van der Waals surface area (Å²) in [6.45, 7) is 13.9. The molecule has 0 radical (unpaired) electrons. The minimum absolute atomic E-state index is 0. The summed E-state index contributed by atoms with van der Waals surface area (Å²) in [6.07, 6.45) is 12.9. The third-order valence-corrected chi connectivity index (χ3v) is 10.6.